The van der Waals surface area contributed by atoms with Crippen molar-refractivity contribution in [2.75, 3.05) is 19.8 Å². The van der Waals surface area contributed by atoms with Gasteiger partial charge in [-0.2, -0.15) is 0 Å². The van der Waals surface area contributed by atoms with Crippen molar-refractivity contribution in [1.82, 2.24) is 0 Å². The Morgan fingerprint density at radius 3 is 2.68 bits per heavy atom. The largest absolute Gasteiger partial charge is 0.394 e. The third kappa shape index (κ3) is 5.58. The smallest absolute Gasteiger partial charge is 0.114 e. The van der Waals surface area contributed by atoms with Gasteiger partial charge in [-0.1, -0.05) is 25.5 Å². The summed E-state index contributed by atoms with van der Waals surface area (Å²) in [5.74, 6) is 0. The molecule has 3 N–H and O–H groups in total. The standard InChI is InChI=1S/C14H26O5/c1-2-3-4-5-6-7-8-18-14-11(16)10-19-12(9-15)13(14)17/h4-5,11-17H,2-3,6-10H2,1H3/b5-4+/t11-,12+,13+,14+/m1/s1. The van der Waals surface area contributed by atoms with Crippen LogP contribution in [0.25, 0.3) is 0 Å². The van der Waals surface area contributed by atoms with Gasteiger partial charge in [-0.3, -0.25) is 0 Å². The van der Waals surface area contributed by atoms with Crippen LogP contribution in [0.5, 0.6) is 0 Å². The average molecular weight is 274 g/mol. The second-order valence-corrected chi connectivity index (χ2v) is 4.85. The number of aliphatic hydroxyl groups is 3. The van der Waals surface area contributed by atoms with Crippen LogP contribution >= 0.6 is 0 Å². The molecule has 1 aliphatic rings. The molecule has 1 heterocycles. The molecule has 1 rings (SSSR count). The van der Waals surface area contributed by atoms with Crippen LogP contribution in [0.1, 0.15) is 32.6 Å². The zero-order chi connectivity index (χ0) is 14.1. The summed E-state index contributed by atoms with van der Waals surface area (Å²) in [4.78, 5) is 0. The molecule has 112 valence electrons. The van der Waals surface area contributed by atoms with E-state index in [4.69, 9.17) is 14.6 Å². The molecule has 0 aromatic rings. The summed E-state index contributed by atoms with van der Waals surface area (Å²) < 4.78 is 10.6. The molecule has 0 aliphatic carbocycles. The van der Waals surface area contributed by atoms with Crippen LogP contribution in [-0.2, 0) is 9.47 Å². The van der Waals surface area contributed by atoms with Crippen LogP contribution in [-0.4, -0.2) is 59.6 Å². The Balaban J connectivity index is 2.22. The maximum atomic E-state index is 9.89. The van der Waals surface area contributed by atoms with E-state index in [9.17, 15) is 10.2 Å². The number of rotatable bonds is 8. The van der Waals surface area contributed by atoms with Crippen molar-refractivity contribution in [1.29, 1.82) is 0 Å². The first-order valence-electron chi connectivity index (χ1n) is 7.05. The summed E-state index contributed by atoms with van der Waals surface area (Å²) in [5.41, 5.74) is 0. The minimum Gasteiger partial charge on any atom is -0.394 e. The maximum Gasteiger partial charge on any atom is 0.114 e. The molecular formula is C14H26O5. The fraction of sp³-hybridized carbons (Fsp3) is 0.857. The van der Waals surface area contributed by atoms with Crippen LogP contribution in [0.3, 0.4) is 0 Å². The minimum atomic E-state index is -0.982. The van der Waals surface area contributed by atoms with E-state index < -0.39 is 24.4 Å². The third-order valence-electron chi connectivity index (χ3n) is 3.21. The molecule has 19 heavy (non-hydrogen) atoms. The van der Waals surface area contributed by atoms with Gasteiger partial charge in [-0.15, -0.1) is 0 Å². The van der Waals surface area contributed by atoms with Gasteiger partial charge in [-0.25, -0.2) is 0 Å². The Morgan fingerprint density at radius 1 is 1.26 bits per heavy atom. The van der Waals surface area contributed by atoms with Gasteiger partial charge in [0.15, 0.2) is 0 Å². The molecule has 0 saturated carbocycles. The summed E-state index contributed by atoms with van der Waals surface area (Å²) in [6, 6.07) is 0. The van der Waals surface area contributed by atoms with Crippen molar-refractivity contribution < 1.29 is 24.8 Å². The summed E-state index contributed by atoms with van der Waals surface area (Å²) in [6.07, 6.45) is 5.13. The van der Waals surface area contributed by atoms with Crippen LogP contribution in [0.15, 0.2) is 12.2 Å². The van der Waals surface area contributed by atoms with Crippen LogP contribution in [0.4, 0.5) is 0 Å². The van der Waals surface area contributed by atoms with Crippen molar-refractivity contribution in [3.63, 3.8) is 0 Å². The van der Waals surface area contributed by atoms with E-state index in [1.54, 1.807) is 0 Å². The molecule has 0 unspecified atom stereocenters. The van der Waals surface area contributed by atoms with Gasteiger partial charge in [0, 0.05) is 6.61 Å². The van der Waals surface area contributed by atoms with Crippen LogP contribution in [0.2, 0.25) is 0 Å². The molecule has 1 aliphatic heterocycles. The van der Waals surface area contributed by atoms with Crippen molar-refractivity contribution in [2.45, 2.75) is 57.0 Å². The Hall–Kier alpha value is -0.460. The zero-order valence-corrected chi connectivity index (χ0v) is 11.6. The highest BCUT2D eigenvalue weighted by Gasteiger charge is 2.38. The van der Waals surface area contributed by atoms with E-state index in [0.717, 1.165) is 25.7 Å². The molecule has 0 spiro atoms. The fourth-order valence-electron chi connectivity index (χ4n) is 2.05. The first-order valence-corrected chi connectivity index (χ1v) is 7.05. The third-order valence-corrected chi connectivity index (χ3v) is 3.21. The van der Waals surface area contributed by atoms with Gasteiger partial charge in [-0.05, 0) is 19.3 Å². The molecule has 0 radical (unpaired) electrons. The Labute approximate surface area is 114 Å². The molecule has 0 aromatic heterocycles. The molecule has 4 atom stereocenters. The topological polar surface area (TPSA) is 79.2 Å². The van der Waals surface area contributed by atoms with E-state index in [0.29, 0.717) is 6.61 Å². The van der Waals surface area contributed by atoms with E-state index in [-0.39, 0.29) is 13.2 Å². The van der Waals surface area contributed by atoms with Gasteiger partial charge in [0.25, 0.3) is 0 Å². The summed E-state index contributed by atoms with van der Waals surface area (Å²) >= 11 is 0. The van der Waals surface area contributed by atoms with Gasteiger partial charge >= 0.3 is 0 Å². The quantitative estimate of drug-likeness (QED) is 0.447. The lowest BCUT2D eigenvalue weighted by atomic mass is 10.0. The summed E-state index contributed by atoms with van der Waals surface area (Å²) in [6.45, 7) is 2.43. The normalized spacial score (nSPS) is 32.0. The molecule has 0 bridgehead atoms. The second-order valence-electron chi connectivity index (χ2n) is 4.85. The van der Waals surface area contributed by atoms with Gasteiger partial charge in [0.1, 0.15) is 24.4 Å². The monoisotopic (exact) mass is 274 g/mol. The van der Waals surface area contributed by atoms with Gasteiger partial charge < -0.3 is 24.8 Å². The molecule has 1 saturated heterocycles. The van der Waals surface area contributed by atoms with Crippen molar-refractivity contribution >= 4 is 0 Å². The number of unbranched alkanes of at least 4 members (excludes halogenated alkanes) is 2. The fourth-order valence-corrected chi connectivity index (χ4v) is 2.05. The average Bonchev–Trinajstić information content (AvgIpc) is 2.41. The summed E-state index contributed by atoms with van der Waals surface area (Å²) in [5, 5.41) is 28.6. The SMILES string of the molecule is CCC/C=C/CCCO[C@@H]1[C@@H](O)[C@H](CO)OC[C@H]1O. The highest BCUT2D eigenvalue weighted by Crippen LogP contribution is 2.18. The number of ether oxygens (including phenoxy) is 2. The van der Waals surface area contributed by atoms with Gasteiger partial charge in [0.2, 0.25) is 0 Å². The highest BCUT2D eigenvalue weighted by molar-refractivity contribution is 4.88. The van der Waals surface area contributed by atoms with E-state index in [2.05, 4.69) is 19.1 Å². The zero-order valence-electron chi connectivity index (χ0n) is 11.6. The van der Waals surface area contributed by atoms with Crippen molar-refractivity contribution in [3.05, 3.63) is 12.2 Å². The van der Waals surface area contributed by atoms with E-state index in [1.165, 1.54) is 0 Å². The second kappa shape index (κ2) is 9.44. The molecule has 1 fully saturated rings. The van der Waals surface area contributed by atoms with Crippen molar-refractivity contribution in [3.8, 4) is 0 Å². The molecule has 5 nitrogen and oxygen atoms in total. The molecule has 5 heteroatoms. The Bertz CT molecular complexity index is 256. The minimum absolute atomic E-state index is 0.0867. The Kier molecular flexibility index (Phi) is 8.25. The first-order chi connectivity index (χ1) is 9.20. The molecule has 0 amide bonds. The molecule has 0 aromatic carbocycles. The molecular weight excluding hydrogens is 248 g/mol. The number of hydrogen-bond acceptors (Lipinski definition) is 5. The van der Waals surface area contributed by atoms with Crippen LogP contribution in [0, 0.1) is 0 Å². The van der Waals surface area contributed by atoms with E-state index >= 15 is 0 Å². The Morgan fingerprint density at radius 2 is 2.00 bits per heavy atom. The lowest BCUT2D eigenvalue weighted by Gasteiger charge is -2.37. The maximum absolute atomic E-state index is 9.89. The lowest BCUT2D eigenvalue weighted by molar-refractivity contribution is -0.210. The summed E-state index contributed by atoms with van der Waals surface area (Å²) in [7, 11) is 0. The first kappa shape index (κ1) is 16.6. The van der Waals surface area contributed by atoms with Crippen LogP contribution < -0.4 is 0 Å². The predicted molar refractivity (Wildman–Crippen MR) is 71.9 cm³/mol. The number of aliphatic hydroxyl groups excluding tert-OH is 3. The highest BCUT2D eigenvalue weighted by atomic mass is 16.6. The number of hydrogen-bond donors (Lipinski definition) is 3. The number of allylic oxidation sites excluding steroid dienone is 2. The predicted octanol–water partition coefficient (Wildman–Crippen LogP) is 0.621. The van der Waals surface area contributed by atoms with Crippen molar-refractivity contribution in [2.24, 2.45) is 0 Å². The van der Waals surface area contributed by atoms with E-state index in [1.807, 2.05) is 0 Å². The lowest BCUT2D eigenvalue weighted by Crippen LogP contribution is -2.55. The van der Waals surface area contributed by atoms with Gasteiger partial charge in [0.05, 0.1) is 13.2 Å².